The molecule has 0 aromatic rings. The predicted octanol–water partition coefficient (Wildman–Crippen LogP) is -1.34. The highest BCUT2D eigenvalue weighted by molar-refractivity contribution is 5.96. The number of carboxylic acids is 1. The molecule has 66 valence electrons. The van der Waals surface area contributed by atoms with Crippen molar-refractivity contribution >= 4 is 17.9 Å². The van der Waals surface area contributed by atoms with Gasteiger partial charge in [-0.2, -0.15) is 0 Å². The first-order valence-electron chi connectivity index (χ1n) is 2.92. The highest BCUT2D eigenvalue weighted by atomic mass is 16.6. The summed E-state index contributed by atoms with van der Waals surface area (Å²) < 4.78 is 4.00. The normalized spacial score (nSPS) is 9.75. The molecule has 0 unspecified atom stereocenters. The van der Waals surface area contributed by atoms with Crippen LogP contribution >= 0.6 is 0 Å². The maximum atomic E-state index is 10.5. The maximum absolute atomic E-state index is 10.5. The minimum absolute atomic E-state index is 0.424. The van der Waals surface area contributed by atoms with Crippen LogP contribution in [0.2, 0.25) is 0 Å². The van der Waals surface area contributed by atoms with E-state index < -0.39 is 24.5 Å². The van der Waals surface area contributed by atoms with Crippen molar-refractivity contribution in [3.63, 3.8) is 0 Å². The quantitative estimate of drug-likeness (QED) is 0.310. The van der Waals surface area contributed by atoms with Crippen molar-refractivity contribution in [1.29, 1.82) is 0 Å². The van der Waals surface area contributed by atoms with E-state index >= 15 is 0 Å². The van der Waals surface area contributed by atoms with Gasteiger partial charge in [0.25, 0.3) is 0 Å². The Labute approximate surface area is 67.6 Å². The number of carbonyl (C=O) groups excluding carboxylic acids is 2. The zero-order valence-corrected chi connectivity index (χ0v) is 6.02. The molecule has 0 spiro atoms. The summed E-state index contributed by atoms with van der Waals surface area (Å²) in [4.78, 5) is 30.6. The van der Waals surface area contributed by atoms with Crippen LogP contribution in [0.25, 0.3) is 0 Å². The van der Waals surface area contributed by atoms with E-state index in [1.54, 1.807) is 0 Å². The summed E-state index contributed by atoms with van der Waals surface area (Å²) in [6.07, 6.45) is 1.18. The molecular weight excluding hydrogens is 166 g/mol. The summed E-state index contributed by atoms with van der Waals surface area (Å²) in [5.41, 5.74) is 4.81. The summed E-state index contributed by atoms with van der Waals surface area (Å²) in [5, 5.41) is 8.05. The molecule has 0 rings (SSSR count). The molecule has 0 atom stereocenters. The number of carbonyl (C=O) groups is 3. The van der Waals surface area contributed by atoms with Gasteiger partial charge in [0.05, 0.1) is 6.54 Å². The average Bonchev–Trinajstić information content (AvgIpc) is 2.00. The Balaban J connectivity index is 3.90. The van der Waals surface area contributed by atoms with E-state index in [0.717, 1.165) is 0 Å². The number of esters is 2. The lowest BCUT2D eigenvalue weighted by Gasteiger charge is -1.93. The summed E-state index contributed by atoms with van der Waals surface area (Å²) in [6.45, 7) is -0.424. The van der Waals surface area contributed by atoms with Gasteiger partial charge in [-0.05, 0) is 0 Å². The Hall–Kier alpha value is -1.69. The number of nitrogens with two attached hydrogens (primary N) is 1. The SMILES string of the molecule is NCC(=O)OC(=O)C=CC(=O)O. The van der Waals surface area contributed by atoms with Crippen molar-refractivity contribution in [1.82, 2.24) is 0 Å². The van der Waals surface area contributed by atoms with Gasteiger partial charge in [0.1, 0.15) is 0 Å². The fourth-order valence-corrected chi connectivity index (χ4v) is 0.327. The smallest absolute Gasteiger partial charge is 0.338 e. The summed E-state index contributed by atoms with van der Waals surface area (Å²) in [7, 11) is 0. The van der Waals surface area contributed by atoms with Crippen LogP contribution in [0.5, 0.6) is 0 Å². The minimum atomic E-state index is -1.30. The Kier molecular flexibility index (Phi) is 4.32. The zero-order valence-electron chi connectivity index (χ0n) is 6.02. The highest BCUT2D eigenvalue weighted by Crippen LogP contribution is 1.82. The minimum Gasteiger partial charge on any atom is -0.478 e. The van der Waals surface area contributed by atoms with Gasteiger partial charge in [-0.25, -0.2) is 9.59 Å². The van der Waals surface area contributed by atoms with Crippen molar-refractivity contribution in [2.24, 2.45) is 5.73 Å². The molecule has 6 nitrogen and oxygen atoms in total. The van der Waals surface area contributed by atoms with Crippen LogP contribution in [0.3, 0.4) is 0 Å². The molecule has 0 fully saturated rings. The molecule has 0 amide bonds. The number of aliphatic carboxylic acids is 1. The molecule has 0 saturated carbocycles. The van der Waals surface area contributed by atoms with E-state index in [1.807, 2.05) is 0 Å². The maximum Gasteiger partial charge on any atom is 0.338 e. The highest BCUT2D eigenvalue weighted by Gasteiger charge is 2.04. The van der Waals surface area contributed by atoms with Gasteiger partial charge in [-0.15, -0.1) is 0 Å². The van der Waals surface area contributed by atoms with Crippen molar-refractivity contribution in [3.8, 4) is 0 Å². The van der Waals surface area contributed by atoms with Gasteiger partial charge in [0.2, 0.25) is 0 Å². The van der Waals surface area contributed by atoms with Gasteiger partial charge in [0.15, 0.2) is 0 Å². The topological polar surface area (TPSA) is 107 Å². The van der Waals surface area contributed by atoms with Gasteiger partial charge in [0, 0.05) is 12.2 Å². The predicted molar refractivity (Wildman–Crippen MR) is 36.9 cm³/mol. The van der Waals surface area contributed by atoms with E-state index in [9.17, 15) is 14.4 Å². The second-order valence-corrected chi connectivity index (χ2v) is 1.67. The molecule has 0 heterocycles. The molecule has 0 aliphatic rings. The van der Waals surface area contributed by atoms with E-state index in [2.05, 4.69) is 4.74 Å². The van der Waals surface area contributed by atoms with Crippen molar-refractivity contribution in [2.75, 3.05) is 6.54 Å². The van der Waals surface area contributed by atoms with Crippen LogP contribution in [0.4, 0.5) is 0 Å². The fourth-order valence-electron chi connectivity index (χ4n) is 0.327. The summed E-state index contributed by atoms with van der Waals surface area (Å²) in [6, 6.07) is 0. The summed E-state index contributed by atoms with van der Waals surface area (Å²) >= 11 is 0. The van der Waals surface area contributed by atoms with Crippen LogP contribution in [-0.2, 0) is 19.1 Å². The van der Waals surface area contributed by atoms with Crippen molar-refractivity contribution in [3.05, 3.63) is 12.2 Å². The molecule has 0 bridgehead atoms. The molecule has 0 aromatic carbocycles. The molecule has 12 heavy (non-hydrogen) atoms. The number of ether oxygens (including phenoxy) is 1. The van der Waals surface area contributed by atoms with E-state index in [1.165, 1.54) is 0 Å². The molecule has 0 aliphatic heterocycles. The lowest BCUT2D eigenvalue weighted by molar-refractivity contribution is -0.155. The van der Waals surface area contributed by atoms with Gasteiger partial charge in [-0.1, -0.05) is 0 Å². The first kappa shape index (κ1) is 10.3. The lowest BCUT2D eigenvalue weighted by atomic mass is 10.5. The Bertz CT molecular complexity index is 232. The molecular formula is C6H7NO5. The zero-order chi connectivity index (χ0) is 9.56. The third-order valence-corrected chi connectivity index (χ3v) is 0.743. The largest absolute Gasteiger partial charge is 0.478 e. The van der Waals surface area contributed by atoms with Crippen LogP contribution < -0.4 is 5.73 Å². The number of hydrogen-bond donors (Lipinski definition) is 2. The standard InChI is InChI=1S/C6H7NO5/c7-3-6(11)12-5(10)2-1-4(8)9/h1-2H,3,7H2,(H,8,9). The van der Waals surface area contributed by atoms with Crippen LogP contribution in [0.15, 0.2) is 12.2 Å². The number of rotatable bonds is 3. The number of carboxylic acid groups (broad SMARTS) is 1. The third-order valence-electron chi connectivity index (χ3n) is 0.743. The van der Waals surface area contributed by atoms with E-state index in [0.29, 0.717) is 12.2 Å². The average molecular weight is 173 g/mol. The summed E-state index contributed by atoms with van der Waals surface area (Å²) in [5.74, 6) is -3.25. The monoisotopic (exact) mass is 173 g/mol. The molecule has 0 aromatic heterocycles. The van der Waals surface area contributed by atoms with E-state index in [-0.39, 0.29) is 0 Å². The lowest BCUT2D eigenvalue weighted by Crippen LogP contribution is -2.19. The Morgan fingerprint density at radius 3 is 2.33 bits per heavy atom. The van der Waals surface area contributed by atoms with Gasteiger partial charge < -0.3 is 15.6 Å². The Morgan fingerprint density at radius 1 is 1.33 bits per heavy atom. The third kappa shape index (κ3) is 5.12. The van der Waals surface area contributed by atoms with Gasteiger partial charge >= 0.3 is 17.9 Å². The molecule has 6 heteroatoms. The first-order valence-corrected chi connectivity index (χ1v) is 2.92. The van der Waals surface area contributed by atoms with E-state index in [4.69, 9.17) is 10.8 Å². The molecule has 0 saturated heterocycles. The molecule has 3 N–H and O–H groups in total. The number of hydrogen-bond acceptors (Lipinski definition) is 5. The fraction of sp³-hybridized carbons (Fsp3) is 0.167. The van der Waals surface area contributed by atoms with Crippen molar-refractivity contribution in [2.45, 2.75) is 0 Å². The van der Waals surface area contributed by atoms with Crippen molar-refractivity contribution < 1.29 is 24.2 Å². The molecule has 0 aliphatic carbocycles. The second kappa shape index (κ2) is 5.03. The molecule has 0 radical (unpaired) electrons. The van der Waals surface area contributed by atoms with Crippen LogP contribution in [0.1, 0.15) is 0 Å². The Morgan fingerprint density at radius 2 is 1.92 bits per heavy atom. The van der Waals surface area contributed by atoms with Crippen LogP contribution in [0, 0.1) is 0 Å². The van der Waals surface area contributed by atoms with Gasteiger partial charge in [-0.3, -0.25) is 4.79 Å². The second-order valence-electron chi connectivity index (χ2n) is 1.67. The first-order chi connectivity index (χ1) is 5.56. The van der Waals surface area contributed by atoms with Crippen LogP contribution in [-0.4, -0.2) is 29.6 Å².